The van der Waals surface area contributed by atoms with Crippen molar-refractivity contribution in [3.05, 3.63) is 0 Å². The van der Waals surface area contributed by atoms with Gasteiger partial charge >= 0.3 is 0 Å². The van der Waals surface area contributed by atoms with E-state index >= 15 is 0 Å². The Morgan fingerprint density at radius 2 is 1.85 bits per heavy atom. The summed E-state index contributed by atoms with van der Waals surface area (Å²) in [6, 6.07) is 0. The highest BCUT2D eigenvalue weighted by Crippen LogP contribution is 2.45. The molecule has 1 fully saturated rings. The highest BCUT2D eigenvalue weighted by atomic mass is 32.2. The molecule has 1 aliphatic carbocycles. The molecule has 0 atom stereocenters. The third-order valence-electron chi connectivity index (χ3n) is 2.19. The van der Waals surface area contributed by atoms with Gasteiger partial charge in [-0.15, -0.1) is 0 Å². The number of alkyl halides is 2. The lowest BCUT2D eigenvalue weighted by molar-refractivity contribution is -0.122. The first-order valence-electron chi connectivity index (χ1n) is 3.96. The summed E-state index contributed by atoms with van der Waals surface area (Å²) < 4.78 is 46.3. The molecule has 0 unspecified atom stereocenters. The molecule has 0 aromatic heterocycles. The SMILES string of the molecule is CS(=O)(=O)CCC1(N)CC(F)(F)C1. The molecule has 1 aliphatic rings. The van der Waals surface area contributed by atoms with E-state index in [0.29, 0.717) is 0 Å². The smallest absolute Gasteiger partial charge is 0.251 e. The summed E-state index contributed by atoms with van der Waals surface area (Å²) in [7, 11) is -3.10. The molecule has 0 heterocycles. The Kier molecular flexibility index (Phi) is 2.40. The standard InChI is InChI=1S/C7H13F2NO2S/c1-13(11,12)3-2-6(10)4-7(8,9)5-6/h2-5,10H2,1H3. The number of hydrogen-bond acceptors (Lipinski definition) is 3. The first-order chi connectivity index (χ1) is 5.62. The van der Waals surface area contributed by atoms with Crippen LogP contribution in [-0.4, -0.2) is 31.9 Å². The second-order valence-corrected chi connectivity index (χ2v) is 6.21. The molecule has 0 spiro atoms. The number of rotatable bonds is 3. The van der Waals surface area contributed by atoms with Crippen LogP contribution in [0.1, 0.15) is 19.3 Å². The minimum atomic E-state index is -3.10. The van der Waals surface area contributed by atoms with Gasteiger partial charge in [-0.3, -0.25) is 0 Å². The molecule has 3 nitrogen and oxygen atoms in total. The largest absolute Gasteiger partial charge is 0.325 e. The van der Waals surface area contributed by atoms with Gasteiger partial charge in [0.25, 0.3) is 5.92 Å². The van der Waals surface area contributed by atoms with Crippen molar-refractivity contribution in [3.8, 4) is 0 Å². The summed E-state index contributed by atoms with van der Waals surface area (Å²) in [5.41, 5.74) is 4.58. The molecule has 0 amide bonds. The zero-order chi connectivity index (χ0) is 10.3. The number of halogens is 2. The number of sulfone groups is 1. The van der Waals surface area contributed by atoms with Crippen LogP contribution in [-0.2, 0) is 9.84 Å². The van der Waals surface area contributed by atoms with Crippen LogP contribution >= 0.6 is 0 Å². The van der Waals surface area contributed by atoms with Crippen molar-refractivity contribution < 1.29 is 17.2 Å². The van der Waals surface area contributed by atoms with Crippen molar-refractivity contribution in [2.75, 3.05) is 12.0 Å². The molecule has 78 valence electrons. The quantitative estimate of drug-likeness (QED) is 0.744. The van der Waals surface area contributed by atoms with Crippen molar-refractivity contribution in [2.45, 2.75) is 30.7 Å². The molecule has 0 aliphatic heterocycles. The van der Waals surface area contributed by atoms with E-state index in [4.69, 9.17) is 5.73 Å². The van der Waals surface area contributed by atoms with E-state index in [9.17, 15) is 17.2 Å². The van der Waals surface area contributed by atoms with Crippen LogP contribution in [0.5, 0.6) is 0 Å². The zero-order valence-corrected chi connectivity index (χ0v) is 8.20. The van der Waals surface area contributed by atoms with E-state index in [-0.39, 0.29) is 12.2 Å². The Labute approximate surface area is 76.2 Å². The average molecular weight is 213 g/mol. The van der Waals surface area contributed by atoms with Crippen LogP contribution in [0.3, 0.4) is 0 Å². The molecule has 0 aromatic rings. The Morgan fingerprint density at radius 1 is 1.38 bits per heavy atom. The van der Waals surface area contributed by atoms with E-state index in [1.54, 1.807) is 0 Å². The molecule has 1 rings (SSSR count). The van der Waals surface area contributed by atoms with Crippen LogP contribution in [0.15, 0.2) is 0 Å². The van der Waals surface area contributed by atoms with E-state index < -0.39 is 34.1 Å². The van der Waals surface area contributed by atoms with Gasteiger partial charge in [-0.2, -0.15) is 0 Å². The second-order valence-electron chi connectivity index (χ2n) is 3.95. The van der Waals surface area contributed by atoms with Gasteiger partial charge in [-0.05, 0) is 6.42 Å². The van der Waals surface area contributed by atoms with Crippen molar-refractivity contribution in [2.24, 2.45) is 5.73 Å². The average Bonchev–Trinajstić information content (AvgIpc) is 1.77. The van der Waals surface area contributed by atoms with Gasteiger partial charge in [-0.1, -0.05) is 0 Å². The minimum Gasteiger partial charge on any atom is -0.325 e. The van der Waals surface area contributed by atoms with Gasteiger partial charge < -0.3 is 5.73 Å². The molecular weight excluding hydrogens is 200 g/mol. The van der Waals surface area contributed by atoms with Crippen molar-refractivity contribution in [1.82, 2.24) is 0 Å². The van der Waals surface area contributed by atoms with E-state index in [0.717, 1.165) is 6.26 Å². The molecule has 0 saturated heterocycles. The van der Waals surface area contributed by atoms with Gasteiger partial charge in [0.15, 0.2) is 0 Å². The highest BCUT2D eigenvalue weighted by Gasteiger charge is 2.53. The summed E-state index contributed by atoms with van der Waals surface area (Å²) in [6.45, 7) is 0. The van der Waals surface area contributed by atoms with Gasteiger partial charge in [-0.25, -0.2) is 17.2 Å². The summed E-state index contributed by atoms with van der Waals surface area (Å²) in [6.07, 6.45) is 0.416. The lowest BCUT2D eigenvalue weighted by Gasteiger charge is -2.44. The fraction of sp³-hybridized carbons (Fsp3) is 1.00. The Balaban J connectivity index is 2.41. The predicted octanol–water partition coefficient (Wildman–Crippen LogP) is 0.548. The highest BCUT2D eigenvalue weighted by molar-refractivity contribution is 7.90. The normalized spacial score (nSPS) is 25.2. The Morgan fingerprint density at radius 3 is 2.15 bits per heavy atom. The summed E-state index contributed by atoms with van der Waals surface area (Å²) in [4.78, 5) is 0. The van der Waals surface area contributed by atoms with Crippen molar-refractivity contribution in [3.63, 3.8) is 0 Å². The molecule has 0 bridgehead atoms. The maximum atomic E-state index is 12.4. The lowest BCUT2D eigenvalue weighted by atomic mass is 9.72. The molecular formula is C7H13F2NO2S. The second kappa shape index (κ2) is 2.88. The molecule has 13 heavy (non-hydrogen) atoms. The summed E-state index contributed by atoms with van der Waals surface area (Å²) >= 11 is 0. The van der Waals surface area contributed by atoms with E-state index in [1.807, 2.05) is 0 Å². The Bertz CT molecular complexity index is 292. The fourth-order valence-electron chi connectivity index (χ4n) is 1.54. The maximum absolute atomic E-state index is 12.4. The van der Waals surface area contributed by atoms with Crippen molar-refractivity contribution >= 4 is 9.84 Å². The first kappa shape index (κ1) is 10.8. The van der Waals surface area contributed by atoms with Crippen molar-refractivity contribution in [1.29, 1.82) is 0 Å². The number of nitrogens with two attached hydrogens (primary N) is 1. The van der Waals surface area contributed by atoms with Crippen LogP contribution in [0, 0.1) is 0 Å². The third kappa shape index (κ3) is 3.19. The van der Waals surface area contributed by atoms with E-state index in [2.05, 4.69) is 0 Å². The van der Waals surface area contributed by atoms with Gasteiger partial charge in [0.05, 0.1) is 5.75 Å². The Hall–Kier alpha value is -0.230. The third-order valence-corrected chi connectivity index (χ3v) is 3.14. The van der Waals surface area contributed by atoms with Crippen LogP contribution in [0.2, 0.25) is 0 Å². The van der Waals surface area contributed by atoms with Crippen LogP contribution < -0.4 is 5.73 Å². The van der Waals surface area contributed by atoms with Gasteiger partial charge in [0.1, 0.15) is 9.84 Å². The summed E-state index contributed by atoms with van der Waals surface area (Å²) in [5.74, 6) is -2.80. The molecule has 0 aromatic carbocycles. The minimum absolute atomic E-state index is 0.112. The maximum Gasteiger partial charge on any atom is 0.251 e. The molecule has 6 heteroatoms. The first-order valence-corrected chi connectivity index (χ1v) is 6.03. The van der Waals surface area contributed by atoms with Crippen LogP contribution in [0.4, 0.5) is 8.78 Å². The van der Waals surface area contributed by atoms with Gasteiger partial charge in [0, 0.05) is 24.6 Å². The lowest BCUT2D eigenvalue weighted by Crippen LogP contribution is -2.58. The summed E-state index contributed by atoms with van der Waals surface area (Å²) in [5, 5.41) is 0. The van der Waals surface area contributed by atoms with E-state index in [1.165, 1.54) is 0 Å². The monoisotopic (exact) mass is 213 g/mol. The zero-order valence-electron chi connectivity index (χ0n) is 7.39. The number of hydrogen-bond donors (Lipinski definition) is 1. The topological polar surface area (TPSA) is 60.2 Å². The predicted molar refractivity (Wildman–Crippen MR) is 45.4 cm³/mol. The molecule has 0 radical (unpaired) electrons. The fourth-order valence-corrected chi connectivity index (χ4v) is 2.32. The van der Waals surface area contributed by atoms with Crippen LogP contribution in [0.25, 0.3) is 0 Å². The molecule has 2 N–H and O–H groups in total. The van der Waals surface area contributed by atoms with Gasteiger partial charge in [0.2, 0.25) is 0 Å². The molecule has 1 saturated carbocycles.